The molecule has 2 N–H and O–H groups in total. The number of nitrogens with one attached hydrogen (secondary N) is 1. The molecule has 2 aromatic carbocycles. The van der Waals surface area contributed by atoms with E-state index >= 15 is 0 Å². The molecule has 0 bridgehead atoms. The van der Waals surface area contributed by atoms with Crippen LogP contribution < -0.4 is 9.03 Å². The second-order valence-electron chi connectivity index (χ2n) is 4.74. The van der Waals surface area contributed by atoms with Gasteiger partial charge in [0.25, 0.3) is 0 Å². The van der Waals surface area contributed by atoms with Crippen molar-refractivity contribution in [3.8, 4) is 5.75 Å². The quantitative estimate of drug-likeness (QED) is 0.891. The van der Waals surface area contributed by atoms with Crippen molar-refractivity contribution in [2.75, 3.05) is 10.8 Å². The number of nitrogens with zero attached hydrogens (tertiary/aromatic N) is 1. The van der Waals surface area contributed by atoms with Gasteiger partial charge in [-0.2, -0.15) is 13.1 Å². The zero-order chi connectivity index (χ0) is 15.0. The third kappa shape index (κ3) is 2.70. The van der Waals surface area contributed by atoms with Crippen LogP contribution in [0.2, 0.25) is 5.02 Å². The van der Waals surface area contributed by atoms with Gasteiger partial charge in [-0.25, -0.2) is 4.31 Å². The van der Waals surface area contributed by atoms with Crippen LogP contribution in [0.3, 0.4) is 0 Å². The summed E-state index contributed by atoms with van der Waals surface area (Å²) < 4.78 is 28.3. The van der Waals surface area contributed by atoms with Crippen LogP contribution in [0, 0.1) is 0 Å². The number of hydrogen-bond acceptors (Lipinski definition) is 3. The summed E-state index contributed by atoms with van der Waals surface area (Å²) in [7, 11) is -3.60. The molecule has 1 heterocycles. The molecule has 1 saturated heterocycles. The lowest BCUT2D eigenvalue weighted by Crippen LogP contribution is -2.30. The molecular formula is C14H13ClN2O3S. The fraction of sp³-hybridized carbons (Fsp3) is 0.143. The highest BCUT2D eigenvalue weighted by Crippen LogP contribution is 2.34. The summed E-state index contributed by atoms with van der Waals surface area (Å²) in [6, 6.07) is 12.8. The maximum absolute atomic E-state index is 12.2. The van der Waals surface area contributed by atoms with E-state index in [1.54, 1.807) is 48.5 Å². The predicted molar refractivity (Wildman–Crippen MR) is 81.7 cm³/mol. The summed E-state index contributed by atoms with van der Waals surface area (Å²) >= 11 is 5.85. The molecule has 0 aliphatic carbocycles. The largest absolute Gasteiger partial charge is 0.508 e. The zero-order valence-corrected chi connectivity index (χ0v) is 12.5. The lowest BCUT2D eigenvalue weighted by atomic mass is 10.1. The predicted octanol–water partition coefficient (Wildman–Crippen LogP) is 2.44. The summed E-state index contributed by atoms with van der Waals surface area (Å²) in [5.41, 5.74) is 1.25. The second-order valence-corrected chi connectivity index (χ2v) is 6.81. The van der Waals surface area contributed by atoms with Crippen molar-refractivity contribution < 1.29 is 13.5 Å². The molecule has 1 aliphatic heterocycles. The van der Waals surface area contributed by atoms with Gasteiger partial charge in [-0.05, 0) is 42.0 Å². The molecule has 1 unspecified atom stereocenters. The van der Waals surface area contributed by atoms with Gasteiger partial charge in [0.15, 0.2) is 0 Å². The number of anilines is 1. The fourth-order valence-corrected chi connectivity index (χ4v) is 3.96. The van der Waals surface area contributed by atoms with E-state index in [1.807, 2.05) is 0 Å². The van der Waals surface area contributed by atoms with Crippen molar-refractivity contribution >= 4 is 27.5 Å². The molecule has 0 spiro atoms. The minimum atomic E-state index is -3.60. The molecule has 21 heavy (non-hydrogen) atoms. The van der Waals surface area contributed by atoms with Gasteiger partial charge in [0, 0.05) is 11.6 Å². The van der Waals surface area contributed by atoms with Crippen LogP contribution in [0.25, 0.3) is 0 Å². The first kappa shape index (κ1) is 14.2. The van der Waals surface area contributed by atoms with Crippen LogP contribution in [-0.2, 0) is 10.2 Å². The minimum Gasteiger partial charge on any atom is -0.508 e. The van der Waals surface area contributed by atoms with Gasteiger partial charge in [-0.1, -0.05) is 23.7 Å². The number of phenols is 1. The van der Waals surface area contributed by atoms with Crippen molar-refractivity contribution in [3.05, 3.63) is 59.1 Å². The summed E-state index contributed by atoms with van der Waals surface area (Å²) in [5.74, 6) is 0.104. The fourth-order valence-electron chi connectivity index (χ4n) is 2.40. The molecular weight excluding hydrogens is 312 g/mol. The van der Waals surface area contributed by atoms with Crippen LogP contribution in [0.1, 0.15) is 11.6 Å². The Morgan fingerprint density at radius 2 is 1.90 bits per heavy atom. The lowest BCUT2D eigenvalue weighted by Gasteiger charge is -2.24. The van der Waals surface area contributed by atoms with Crippen LogP contribution in [-0.4, -0.2) is 20.1 Å². The first-order valence-electron chi connectivity index (χ1n) is 6.31. The Labute approximate surface area is 128 Å². The molecule has 0 aromatic heterocycles. The van der Waals surface area contributed by atoms with E-state index in [1.165, 1.54) is 4.31 Å². The average Bonchev–Trinajstić information content (AvgIpc) is 2.75. The van der Waals surface area contributed by atoms with E-state index in [4.69, 9.17) is 11.6 Å². The van der Waals surface area contributed by atoms with Crippen LogP contribution >= 0.6 is 11.6 Å². The third-order valence-electron chi connectivity index (χ3n) is 3.34. The van der Waals surface area contributed by atoms with Crippen LogP contribution in [0.4, 0.5) is 5.69 Å². The number of hydrogen-bond donors (Lipinski definition) is 2. The molecule has 3 rings (SSSR count). The van der Waals surface area contributed by atoms with E-state index in [0.29, 0.717) is 10.7 Å². The first-order chi connectivity index (χ1) is 9.97. The highest BCUT2D eigenvalue weighted by molar-refractivity contribution is 7.91. The molecule has 5 nitrogen and oxygen atoms in total. The van der Waals surface area contributed by atoms with Crippen molar-refractivity contribution in [1.29, 1.82) is 0 Å². The first-order valence-corrected chi connectivity index (χ1v) is 8.13. The highest BCUT2D eigenvalue weighted by Gasteiger charge is 2.38. The summed E-state index contributed by atoms with van der Waals surface area (Å²) in [5, 5.41) is 10.1. The Morgan fingerprint density at radius 1 is 1.19 bits per heavy atom. The summed E-state index contributed by atoms with van der Waals surface area (Å²) in [6.45, 7) is 0.244. The van der Waals surface area contributed by atoms with E-state index in [-0.39, 0.29) is 12.3 Å². The number of halogens is 1. The third-order valence-corrected chi connectivity index (χ3v) is 5.10. The summed E-state index contributed by atoms with van der Waals surface area (Å²) in [4.78, 5) is 0. The molecule has 0 amide bonds. The van der Waals surface area contributed by atoms with Crippen molar-refractivity contribution in [3.63, 3.8) is 0 Å². The molecule has 1 aliphatic rings. The number of benzene rings is 2. The van der Waals surface area contributed by atoms with Crippen LogP contribution in [0.5, 0.6) is 5.75 Å². The Morgan fingerprint density at radius 3 is 2.57 bits per heavy atom. The van der Waals surface area contributed by atoms with Gasteiger partial charge < -0.3 is 5.11 Å². The molecule has 0 saturated carbocycles. The number of phenolic OH excluding ortho intramolecular Hbond substituents is 1. The molecule has 2 aromatic rings. The van der Waals surface area contributed by atoms with Gasteiger partial charge >= 0.3 is 10.2 Å². The Bertz CT molecular complexity index is 762. The summed E-state index contributed by atoms with van der Waals surface area (Å²) in [6.07, 6.45) is 0. The monoisotopic (exact) mass is 324 g/mol. The molecule has 7 heteroatoms. The van der Waals surface area contributed by atoms with Crippen LogP contribution in [0.15, 0.2) is 48.5 Å². The lowest BCUT2D eigenvalue weighted by molar-refractivity contribution is 0.474. The molecule has 110 valence electrons. The second kappa shape index (κ2) is 5.22. The number of rotatable bonds is 2. The van der Waals surface area contributed by atoms with E-state index in [0.717, 1.165) is 5.56 Å². The molecule has 1 atom stereocenters. The molecule has 0 radical (unpaired) electrons. The SMILES string of the molecule is O=S1(=O)NCC(c2cccc(O)c2)N1c1ccc(Cl)cc1. The minimum absolute atomic E-state index is 0.104. The Kier molecular flexibility index (Phi) is 3.52. The van der Waals surface area contributed by atoms with E-state index < -0.39 is 16.3 Å². The normalized spacial score (nSPS) is 20.6. The van der Waals surface area contributed by atoms with Gasteiger partial charge in [0.1, 0.15) is 5.75 Å². The van der Waals surface area contributed by atoms with Crippen molar-refractivity contribution in [2.45, 2.75) is 6.04 Å². The smallest absolute Gasteiger partial charge is 0.302 e. The van der Waals surface area contributed by atoms with Gasteiger partial charge in [0.05, 0.1) is 11.7 Å². The standard InChI is InChI=1S/C14H13ClN2O3S/c15-11-4-6-12(7-5-11)17-14(9-16-21(17,19)20)10-2-1-3-13(18)8-10/h1-8,14,16,18H,9H2. The maximum atomic E-state index is 12.2. The molecule has 1 fully saturated rings. The number of aromatic hydroxyl groups is 1. The highest BCUT2D eigenvalue weighted by atomic mass is 35.5. The van der Waals surface area contributed by atoms with Gasteiger partial charge in [-0.3, -0.25) is 0 Å². The van der Waals surface area contributed by atoms with Gasteiger partial charge in [-0.15, -0.1) is 0 Å². The topological polar surface area (TPSA) is 69.6 Å². The van der Waals surface area contributed by atoms with Crippen molar-refractivity contribution in [2.24, 2.45) is 0 Å². The maximum Gasteiger partial charge on any atom is 0.302 e. The van der Waals surface area contributed by atoms with E-state index in [9.17, 15) is 13.5 Å². The zero-order valence-electron chi connectivity index (χ0n) is 10.9. The van der Waals surface area contributed by atoms with Crippen molar-refractivity contribution in [1.82, 2.24) is 4.72 Å². The Hall–Kier alpha value is -1.76. The van der Waals surface area contributed by atoms with E-state index in [2.05, 4.69) is 4.72 Å². The average molecular weight is 325 g/mol. The van der Waals surface area contributed by atoms with Gasteiger partial charge in [0.2, 0.25) is 0 Å². The Balaban J connectivity index is 2.06.